The van der Waals surface area contributed by atoms with E-state index in [0.29, 0.717) is 23.1 Å². The summed E-state index contributed by atoms with van der Waals surface area (Å²) in [6.45, 7) is 9.25. The van der Waals surface area contributed by atoms with Crippen LogP contribution in [0.4, 0.5) is 5.82 Å². The van der Waals surface area contributed by atoms with Crippen molar-refractivity contribution in [2.24, 2.45) is 0 Å². The second kappa shape index (κ2) is 9.88. The molecule has 2 amide bonds. The molecule has 1 saturated heterocycles. The Bertz CT molecular complexity index is 1170. The molecular formula is C24H30N8O2. The number of rotatable bonds is 3. The molecule has 3 aromatic rings. The van der Waals surface area contributed by atoms with Gasteiger partial charge in [0.05, 0.1) is 11.9 Å². The summed E-state index contributed by atoms with van der Waals surface area (Å²) in [6.07, 6.45) is 1.92. The molecule has 3 N–H and O–H groups in total. The van der Waals surface area contributed by atoms with Gasteiger partial charge < -0.3 is 20.9 Å². The number of hydrogen-bond donors (Lipinski definition) is 3. The molecule has 1 aromatic heterocycles. The molecule has 0 aliphatic carbocycles. The second-order valence-electron chi connectivity index (χ2n) is 8.47. The van der Waals surface area contributed by atoms with Crippen LogP contribution >= 0.6 is 0 Å². The Hall–Kier alpha value is -3.34. The lowest BCUT2D eigenvalue weighted by Gasteiger charge is -2.26. The fraction of sp³-hybridized carbons (Fsp3) is 0.417. The van der Waals surface area contributed by atoms with Gasteiger partial charge >= 0.3 is 0 Å². The number of imide groups is 1. The number of aromatic nitrogens is 3. The Morgan fingerprint density at radius 3 is 2.18 bits per heavy atom. The van der Waals surface area contributed by atoms with Crippen molar-refractivity contribution in [2.45, 2.75) is 6.92 Å². The number of nitrogens with zero attached hydrogens (tertiary/aromatic N) is 5. The van der Waals surface area contributed by atoms with Crippen LogP contribution in [-0.2, 0) is 0 Å². The lowest BCUT2D eigenvalue weighted by Crippen LogP contribution is -2.42. The third-order valence-electron chi connectivity index (χ3n) is 6.41. The van der Waals surface area contributed by atoms with Crippen LogP contribution < -0.4 is 20.9 Å². The van der Waals surface area contributed by atoms with Crippen LogP contribution in [0.15, 0.2) is 36.5 Å². The Morgan fingerprint density at radius 1 is 0.853 bits per heavy atom. The zero-order chi connectivity index (χ0) is 23.5. The van der Waals surface area contributed by atoms with E-state index < -0.39 is 0 Å². The molecule has 10 nitrogen and oxygen atoms in total. The van der Waals surface area contributed by atoms with Gasteiger partial charge in [-0.05, 0) is 25.1 Å². The van der Waals surface area contributed by atoms with Crippen LogP contribution in [0.1, 0.15) is 27.6 Å². The SMILES string of the molecule is CCN1C(=O)c2cccc3c(-n4cc(N5CCNCCNCCNCC5)nn4)ccc(c23)C1=O. The summed E-state index contributed by atoms with van der Waals surface area (Å²) in [5.41, 5.74) is 1.89. The number of benzene rings is 2. The van der Waals surface area contributed by atoms with E-state index in [1.165, 1.54) is 4.90 Å². The Kier molecular flexibility index (Phi) is 6.52. The topological polar surface area (TPSA) is 107 Å². The normalized spacial score (nSPS) is 18.1. The second-order valence-corrected chi connectivity index (χ2v) is 8.47. The third kappa shape index (κ3) is 4.15. The highest BCUT2D eigenvalue weighted by Gasteiger charge is 2.32. The van der Waals surface area contributed by atoms with Gasteiger partial charge in [0, 0.05) is 80.8 Å². The van der Waals surface area contributed by atoms with E-state index in [0.717, 1.165) is 69.2 Å². The van der Waals surface area contributed by atoms with Gasteiger partial charge in [-0.3, -0.25) is 14.5 Å². The Labute approximate surface area is 198 Å². The number of carbonyl (C=O) groups excluding carboxylic acids is 2. The van der Waals surface area contributed by atoms with E-state index in [1.54, 1.807) is 16.8 Å². The van der Waals surface area contributed by atoms with Crippen molar-refractivity contribution in [3.8, 4) is 5.69 Å². The van der Waals surface area contributed by atoms with Crippen molar-refractivity contribution in [3.05, 3.63) is 47.7 Å². The van der Waals surface area contributed by atoms with Crippen LogP contribution in [0.2, 0.25) is 0 Å². The first-order chi connectivity index (χ1) is 16.7. The smallest absolute Gasteiger partial charge is 0.261 e. The van der Waals surface area contributed by atoms with Gasteiger partial charge in [-0.25, -0.2) is 4.68 Å². The maximum Gasteiger partial charge on any atom is 0.261 e. The van der Waals surface area contributed by atoms with Crippen LogP contribution in [0.5, 0.6) is 0 Å². The summed E-state index contributed by atoms with van der Waals surface area (Å²) < 4.78 is 1.74. The summed E-state index contributed by atoms with van der Waals surface area (Å²) >= 11 is 0. The molecule has 1 fully saturated rings. The first-order valence-corrected chi connectivity index (χ1v) is 11.9. The van der Waals surface area contributed by atoms with Crippen molar-refractivity contribution >= 4 is 28.4 Å². The van der Waals surface area contributed by atoms with Crippen molar-refractivity contribution in [1.82, 2.24) is 35.8 Å². The molecule has 3 heterocycles. The van der Waals surface area contributed by atoms with Gasteiger partial charge in [0.25, 0.3) is 11.8 Å². The first-order valence-electron chi connectivity index (χ1n) is 11.9. The van der Waals surface area contributed by atoms with Crippen molar-refractivity contribution in [3.63, 3.8) is 0 Å². The Balaban J connectivity index is 1.47. The van der Waals surface area contributed by atoms with E-state index in [-0.39, 0.29) is 11.8 Å². The van der Waals surface area contributed by atoms with Crippen LogP contribution in [0, 0.1) is 0 Å². The van der Waals surface area contributed by atoms with Crippen LogP contribution in [0.3, 0.4) is 0 Å². The monoisotopic (exact) mass is 462 g/mol. The molecule has 10 heteroatoms. The average molecular weight is 463 g/mol. The molecule has 178 valence electrons. The lowest BCUT2D eigenvalue weighted by molar-refractivity contribution is 0.0619. The van der Waals surface area contributed by atoms with Gasteiger partial charge in [-0.15, -0.1) is 5.10 Å². The highest BCUT2D eigenvalue weighted by Crippen LogP contribution is 2.33. The molecule has 0 bridgehead atoms. The van der Waals surface area contributed by atoms with Gasteiger partial charge in [0.2, 0.25) is 0 Å². The summed E-state index contributed by atoms with van der Waals surface area (Å²) in [5.74, 6) is 0.289. The highest BCUT2D eigenvalue weighted by atomic mass is 16.2. The van der Waals surface area contributed by atoms with Crippen molar-refractivity contribution < 1.29 is 9.59 Å². The summed E-state index contributed by atoms with van der Waals surface area (Å²) in [5, 5.41) is 20.7. The zero-order valence-electron chi connectivity index (χ0n) is 19.4. The first kappa shape index (κ1) is 22.5. The maximum absolute atomic E-state index is 12.9. The molecular weight excluding hydrogens is 432 g/mol. The predicted octanol–water partition coefficient (Wildman–Crippen LogP) is 0.625. The number of anilines is 1. The number of carbonyl (C=O) groups is 2. The standard InChI is InChI=1S/C24H30N8O2/c1-2-31-23(33)18-5-3-4-17-20(7-6-19(22(17)18)24(31)34)32-16-21(28-29-32)30-14-12-26-10-8-25-9-11-27-13-15-30/h3-7,16,25-27H,2,8-15H2,1H3. The number of nitrogens with one attached hydrogen (secondary N) is 3. The highest BCUT2D eigenvalue weighted by molar-refractivity contribution is 6.26. The lowest BCUT2D eigenvalue weighted by atomic mass is 9.93. The fourth-order valence-electron chi connectivity index (χ4n) is 4.63. The molecule has 0 atom stereocenters. The molecule has 0 saturated carbocycles. The van der Waals surface area contributed by atoms with E-state index in [4.69, 9.17) is 0 Å². The van der Waals surface area contributed by atoms with Crippen LogP contribution in [0.25, 0.3) is 16.5 Å². The summed E-state index contributed by atoms with van der Waals surface area (Å²) in [7, 11) is 0. The van der Waals surface area contributed by atoms with Gasteiger partial charge in [0.15, 0.2) is 5.82 Å². The molecule has 0 spiro atoms. The van der Waals surface area contributed by atoms with Crippen molar-refractivity contribution in [2.75, 3.05) is 63.8 Å². The minimum Gasteiger partial charge on any atom is -0.351 e. The largest absolute Gasteiger partial charge is 0.351 e. The molecule has 0 radical (unpaired) electrons. The minimum absolute atomic E-state index is 0.253. The van der Waals surface area contributed by atoms with E-state index in [9.17, 15) is 9.59 Å². The summed E-state index contributed by atoms with van der Waals surface area (Å²) in [6, 6.07) is 9.24. The van der Waals surface area contributed by atoms with E-state index in [1.807, 2.05) is 31.3 Å². The molecule has 34 heavy (non-hydrogen) atoms. The van der Waals surface area contributed by atoms with E-state index >= 15 is 0 Å². The molecule has 2 aliphatic rings. The fourth-order valence-corrected chi connectivity index (χ4v) is 4.63. The van der Waals surface area contributed by atoms with Gasteiger partial charge in [0.1, 0.15) is 0 Å². The van der Waals surface area contributed by atoms with E-state index in [2.05, 4.69) is 31.2 Å². The predicted molar refractivity (Wildman–Crippen MR) is 131 cm³/mol. The summed E-state index contributed by atoms with van der Waals surface area (Å²) in [4.78, 5) is 29.3. The zero-order valence-corrected chi connectivity index (χ0v) is 19.4. The minimum atomic E-state index is -0.253. The van der Waals surface area contributed by atoms with Crippen LogP contribution in [-0.4, -0.2) is 90.6 Å². The average Bonchev–Trinajstić information content (AvgIpc) is 3.33. The molecule has 2 aromatic carbocycles. The van der Waals surface area contributed by atoms with Crippen molar-refractivity contribution in [1.29, 1.82) is 0 Å². The third-order valence-corrected chi connectivity index (χ3v) is 6.41. The number of amides is 2. The van der Waals surface area contributed by atoms with Gasteiger partial charge in [-0.2, -0.15) is 0 Å². The van der Waals surface area contributed by atoms with Gasteiger partial charge in [-0.1, -0.05) is 17.3 Å². The molecule has 0 unspecified atom stereocenters. The quantitative estimate of drug-likeness (QED) is 0.487. The Morgan fingerprint density at radius 2 is 1.50 bits per heavy atom. The maximum atomic E-state index is 12.9. The molecule has 5 rings (SSSR count). The molecule has 2 aliphatic heterocycles. The number of hydrogen-bond acceptors (Lipinski definition) is 8.